The molecule has 0 spiro atoms. The second kappa shape index (κ2) is 4.92. The van der Waals surface area contributed by atoms with Gasteiger partial charge in [0.25, 0.3) is 0 Å². The lowest BCUT2D eigenvalue weighted by Gasteiger charge is -2.03. The third kappa shape index (κ3) is 2.91. The highest BCUT2D eigenvalue weighted by molar-refractivity contribution is 7.98. The number of thioether (sulfide) groups is 1. The molecule has 0 fully saturated rings. The van der Waals surface area contributed by atoms with Gasteiger partial charge in [0, 0.05) is 22.0 Å². The third-order valence-electron chi connectivity index (χ3n) is 1.87. The van der Waals surface area contributed by atoms with Crippen LogP contribution in [-0.2, 0) is 5.75 Å². The molecular weight excluding hydrogens is 251 g/mol. The summed E-state index contributed by atoms with van der Waals surface area (Å²) in [7, 11) is 0. The maximum Gasteiger partial charge on any atom is 0.0910 e. The standard InChI is InChI=1S/C10H8Cl2N2S/c11-8-1-2-9(12)7(5-8)6-15-10-3-4-13-14-10/h1-5H,6H2,(H,13,14). The molecule has 1 heterocycles. The third-order valence-corrected chi connectivity index (χ3v) is 3.46. The summed E-state index contributed by atoms with van der Waals surface area (Å²) in [4.78, 5) is 0. The summed E-state index contributed by atoms with van der Waals surface area (Å²) in [6, 6.07) is 7.40. The minimum Gasteiger partial charge on any atom is -0.272 e. The van der Waals surface area contributed by atoms with Crippen LogP contribution in [0.3, 0.4) is 0 Å². The first-order valence-electron chi connectivity index (χ1n) is 4.32. The smallest absolute Gasteiger partial charge is 0.0910 e. The van der Waals surface area contributed by atoms with Crippen LogP contribution >= 0.6 is 35.0 Å². The van der Waals surface area contributed by atoms with E-state index < -0.39 is 0 Å². The molecule has 15 heavy (non-hydrogen) atoms. The number of aromatic nitrogens is 2. The van der Waals surface area contributed by atoms with E-state index in [2.05, 4.69) is 10.2 Å². The van der Waals surface area contributed by atoms with Crippen LogP contribution in [0.4, 0.5) is 0 Å². The Morgan fingerprint density at radius 1 is 1.27 bits per heavy atom. The van der Waals surface area contributed by atoms with Crippen LogP contribution < -0.4 is 0 Å². The molecule has 1 aromatic carbocycles. The van der Waals surface area contributed by atoms with Crippen molar-refractivity contribution in [3.05, 3.63) is 46.1 Å². The van der Waals surface area contributed by atoms with Crippen molar-refractivity contribution in [2.75, 3.05) is 0 Å². The van der Waals surface area contributed by atoms with E-state index in [1.807, 2.05) is 18.2 Å². The number of hydrogen-bond acceptors (Lipinski definition) is 2. The molecule has 0 amide bonds. The van der Waals surface area contributed by atoms with Gasteiger partial charge in [0.05, 0.1) is 5.03 Å². The Hall–Kier alpha value is -0.640. The largest absolute Gasteiger partial charge is 0.272 e. The average molecular weight is 259 g/mol. The summed E-state index contributed by atoms with van der Waals surface area (Å²) in [5.41, 5.74) is 1.03. The molecule has 0 unspecified atom stereocenters. The van der Waals surface area contributed by atoms with E-state index in [-0.39, 0.29) is 0 Å². The van der Waals surface area contributed by atoms with Crippen molar-refractivity contribution in [1.82, 2.24) is 10.2 Å². The zero-order valence-corrected chi connectivity index (χ0v) is 10.0. The number of halogens is 2. The highest BCUT2D eigenvalue weighted by atomic mass is 35.5. The summed E-state index contributed by atoms with van der Waals surface area (Å²) in [5, 5.41) is 9.22. The molecule has 78 valence electrons. The maximum absolute atomic E-state index is 6.04. The van der Waals surface area contributed by atoms with Gasteiger partial charge in [-0.05, 0) is 29.8 Å². The molecular formula is C10H8Cl2N2S. The van der Waals surface area contributed by atoms with Crippen molar-refractivity contribution >= 4 is 35.0 Å². The molecule has 0 radical (unpaired) electrons. The normalized spacial score (nSPS) is 10.5. The minimum atomic E-state index is 0.708. The highest BCUT2D eigenvalue weighted by Crippen LogP contribution is 2.27. The SMILES string of the molecule is Clc1ccc(Cl)c(CSc2ccn[nH]2)c1. The molecule has 2 nitrogen and oxygen atoms in total. The van der Waals surface area contributed by atoms with E-state index >= 15 is 0 Å². The quantitative estimate of drug-likeness (QED) is 0.843. The minimum absolute atomic E-state index is 0.708. The van der Waals surface area contributed by atoms with Crippen LogP contribution in [0.1, 0.15) is 5.56 Å². The number of hydrogen-bond donors (Lipinski definition) is 1. The first-order chi connectivity index (χ1) is 7.25. The van der Waals surface area contributed by atoms with Crippen molar-refractivity contribution in [3.8, 4) is 0 Å². The van der Waals surface area contributed by atoms with Crippen molar-refractivity contribution in [2.24, 2.45) is 0 Å². The van der Waals surface area contributed by atoms with Gasteiger partial charge in [-0.1, -0.05) is 23.2 Å². The second-order valence-corrected chi connectivity index (χ2v) is 4.81. The van der Waals surface area contributed by atoms with Gasteiger partial charge < -0.3 is 0 Å². The molecule has 0 aliphatic rings. The Balaban J connectivity index is 2.07. The summed E-state index contributed by atoms with van der Waals surface area (Å²) in [5.74, 6) is 0.779. The monoisotopic (exact) mass is 258 g/mol. The lowest BCUT2D eigenvalue weighted by molar-refractivity contribution is 1.00. The molecule has 0 atom stereocenters. The van der Waals surface area contributed by atoms with E-state index in [0.717, 1.165) is 21.4 Å². The average Bonchev–Trinajstić information content (AvgIpc) is 2.72. The van der Waals surface area contributed by atoms with E-state index in [4.69, 9.17) is 23.2 Å². The molecule has 0 bridgehead atoms. The first-order valence-corrected chi connectivity index (χ1v) is 6.06. The van der Waals surface area contributed by atoms with Crippen LogP contribution in [0, 0.1) is 0 Å². The molecule has 1 N–H and O–H groups in total. The van der Waals surface area contributed by atoms with Crippen molar-refractivity contribution in [3.63, 3.8) is 0 Å². The van der Waals surface area contributed by atoms with Crippen molar-refractivity contribution < 1.29 is 0 Å². The van der Waals surface area contributed by atoms with Gasteiger partial charge in [-0.2, -0.15) is 5.10 Å². The summed E-state index contributed by atoms with van der Waals surface area (Å²) in [6.07, 6.45) is 1.72. The fourth-order valence-corrected chi connectivity index (χ4v) is 2.42. The summed E-state index contributed by atoms with van der Waals surface area (Å²) >= 11 is 13.6. The molecule has 5 heteroatoms. The number of nitrogens with one attached hydrogen (secondary N) is 1. The van der Waals surface area contributed by atoms with Gasteiger partial charge >= 0.3 is 0 Å². The van der Waals surface area contributed by atoms with E-state index in [0.29, 0.717) is 5.02 Å². The maximum atomic E-state index is 6.04. The summed E-state index contributed by atoms with van der Waals surface area (Å²) < 4.78 is 0. The number of benzene rings is 1. The number of rotatable bonds is 3. The Labute approximate surface area is 102 Å². The van der Waals surface area contributed by atoms with E-state index in [1.54, 1.807) is 24.0 Å². The zero-order valence-electron chi connectivity index (χ0n) is 7.71. The van der Waals surface area contributed by atoms with Crippen molar-refractivity contribution in [2.45, 2.75) is 10.8 Å². The van der Waals surface area contributed by atoms with E-state index in [1.165, 1.54) is 0 Å². The molecule has 2 aromatic rings. The Kier molecular flexibility index (Phi) is 3.57. The van der Waals surface area contributed by atoms with Crippen LogP contribution in [-0.4, -0.2) is 10.2 Å². The summed E-state index contributed by atoms with van der Waals surface area (Å²) in [6.45, 7) is 0. The van der Waals surface area contributed by atoms with E-state index in [9.17, 15) is 0 Å². The Bertz CT molecular complexity index is 443. The number of H-pyrrole nitrogens is 1. The molecule has 1 aromatic heterocycles. The fourth-order valence-electron chi connectivity index (χ4n) is 1.13. The van der Waals surface area contributed by atoms with Gasteiger partial charge in [-0.15, -0.1) is 11.8 Å². The molecule has 0 saturated heterocycles. The van der Waals surface area contributed by atoms with Gasteiger partial charge in [0.2, 0.25) is 0 Å². The Morgan fingerprint density at radius 2 is 2.13 bits per heavy atom. The van der Waals surface area contributed by atoms with Crippen LogP contribution in [0.25, 0.3) is 0 Å². The van der Waals surface area contributed by atoms with Crippen molar-refractivity contribution in [1.29, 1.82) is 0 Å². The molecule has 0 aliphatic heterocycles. The molecule has 0 saturated carbocycles. The lowest BCUT2D eigenvalue weighted by atomic mass is 10.2. The Morgan fingerprint density at radius 3 is 2.87 bits per heavy atom. The van der Waals surface area contributed by atoms with Crippen LogP contribution in [0.2, 0.25) is 10.0 Å². The lowest BCUT2D eigenvalue weighted by Crippen LogP contribution is -1.83. The molecule has 0 aliphatic carbocycles. The fraction of sp³-hybridized carbons (Fsp3) is 0.100. The predicted molar refractivity (Wildman–Crippen MR) is 64.6 cm³/mol. The number of aromatic amines is 1. The number of nitrogens with zero attached hydrogens (tertiary/aromatic N) is 1. The first kappa shape index (κ1) is 10.9. The van der Waals surface area contributed by atoms with Gasteiger partial charge in [0.1, 0.15) is 0 Å². The van der Waals surface area contributed by atoms with Gasteiger partial charge in [-0.25, -0.2) is 0 Å². The zero-order chi connectivity index (χ0) is 10.7. The van der Waals surface area contributed by atoms with Crippen LogP contribution in [0.15, 0.2) is 35.5 Å². The van der Waals surface area contributed by atoms with Gasteiger partial charge in [-0.3, -0.25) is 5.10 Å². The predicted octanol–water partition coefficient (Wildman–Crippen LogP) is 4.01. The van der Waals surface area contributed by atoms with Crippen LogP contribution in [0.5, 0.6) is 0 Å². The second-order valence-electron chi connectivity index (χ2n) is 2.95. The molecule has 2 rings (SSSR count). The van der Waals surface area contributed by atoms with Gasteiger partial charge in [0.15, 0.2) is 0 Å². The topological polar surface area (TPSA) is 28.7 Å². The highest BCUT2D eigenvalue weighted by Gasteiger charge is 2.03.